The molecule has 3 aliphatic rings. The molecule has 0 radical (unpaired) electrons. The summed E-state index contributed by atoms with van der Waals surface area (Å²) in [5.74, 6) is 1.35. The van der Waals surface area contributed by atoms with Crippen molar-refractivity contribution in [2.75, 3.05) is 18.1 Å². The van der Waals surface area contributed by atoms with E-state index in [0.717, 1.165) is 25.4 Å². The molecule has 0 aromatic heterocycles. The van der Waals surface area contributed by atoms with Crippen LogP contribution in [0.2, 0.25) is 0 Å². The van der Waals surface area contributed by atoms with E-state index in [4.69, 9.17) is 4.74 Å². The van der Waals surface area contributed by atoms with Gasteiger partial charge in [-0.2, -0.15) is 0 Å². The number of ether oxygens (including phenoxy) is 1. The molecule has 5 heteroatoms. The number of hydrogen-bond donors (Lipinski definition) is 1. The summed E-state index contributed by atoms with van der Waals surface area (Å²) in [5.41, 5.74) is 0.0561. The van der Waals surface area contributed by atoms with Gasteiger partial charge in [-0.3, -0.25) is 0 Å². The van der Waals surface area contributed by atoms with Crippen molar-refractivity contribution in [1.82, 2.24) is 5.32 Å². The standard InChI is InChI=1S/C13H23NO3S/c1-10-2-5-13(6-3-10)9-17-12-4-7-18(15,16)8-11(12)14-13/h10-12,14H,2-9H2,1H3. The van der Waals surface area contributed by atoms with Crippen LogP contribution in [0.15, 0.2) is 0 Å². The third-order valence-electron chi connectivity index (χ3n) is 4.89. The van der Waals surface area contributed by atoms with E-state index >= 15 is 0 Å². The van der Waals surface area contributed by atoms with Crippen LogP contribution < -0.4 is 5.32 Å². The maximum absolute atomic E-state index is 11.7. The van der Waals surface area contributed by atoms with Gasteiger partial charge in [0.2, 0.25) is 0 Å². The number of morpholine rings is 1. The van der Waals surface area contributed by atoms with Gasteiger partial charge in [0.05, 0.1) is 24.2 Å². The Balaban J connectivity index is 1.71. The molecule has 2 heterocycles. The summed E-state index contributed by atoms with van der Waals surface area (Å²) >= 11 is 0. The van der Waals surface area contributed by atoms with Gasteiger partial charge >= 0.3 is 0 Å². The maximum atomic E-state index is 11.7. The van der Waals surface area contributed by atoms with Gasteiger partial charge in [-0.25, -0.2) is 8.42 Å². The largest absolute Gasteiger partial charge is 0.375 e. The van der Waals surface area contributed by atoms with Crippen molar-refractivity contribution in [2.45, 2.75) is 56.7 Å². The van der Waals surface area contributed by atoms with Gasteiger partial charge in [0, 0.05) is 11.6 Å². The average Bonchev–Trinajstić information content (AvgIpc) is 2.32. The van der Waals surface area contributed by atoms with Crippen LogP contribution in [-0.4, -0.2) is 44.2 Å². The molecule has 3 fully saturated rings. The van der Waals surface area contributed by atoms with Gasteiger partial charge in [0.1, 0.15) is 0 Å². The minimum Gasteiger partial charge on any atom is -0.375 e. The van der Waals surface area contributed by atoms with Crippen LogP contribution in [0.25, 0.3) is 0 Å². The zero-order valence-electron chi connectivity index (χ0n) is 11.0. The van der Waals surface area contributed by atoms with E-state index in [2.05, 4.69) is 12.2 Å². The minimum atomic E-state index is -2.86. The minimum absolute atomic E-state index is 0.0194. The Bertz CT molecular complexity index is 412. The third-order valence-corrected chi connectivity index (χ3v) is 6.62. The topological polar surface area (TPSA) is 55.4 Å². The molecular weight excluding hydrogens is 250 g/mol. The van der Waals surface area contributed by atoms with E-state index in [0.29, 0.717) is 12.2 Å². The number of hydrogen-bond acceptors (Lipinski definition) is 4. The van der Waals surface area contributed by atoms with Crippen LogP contribution in [0.5, 0.6) is 0 Å². The van der Waals surface area contributed by atoms with Gasteiger partial charge in [0.15, 0.2) is 9.84 Å². The highest BCUT2D eigenvalue weighted by molar-refractivity contribution is 7.91. The van der Waals surface area contributed by atoms with Crippen LogP contribution >= 0.6 is 0 Å². The second kappa shape index (κ2) is 4.46. The van der Waals surface area contributed by atoms with Crippen LogP contribution in [0.4, 0.5) is 0 Å². The monoisotopic (exact) mass is 273 g/mol. The Kier molecular flexibility index (Phi) is 3.19. The second-order valence-electron chi connectivity index (χ2n) is 6.47. The molecule has 0 bridgehead atoms. The van der Waals surface area contributed by atoms with E-state index in [-0.39, 0.29) is 23.4 Å². The lowest BCUT2D eigenvalue weighted by Gasteiger charge is -2.50. The van der Waals surface area contributed by atoms with Gasteiger partial charge in [-0.1, -0.05) is 6.92 Å². The zero-order chi connectivity index (χ0) is 12.8. The number of rotatable bonds is 0. The summed E-state index contributed by atoms with van der Waals surface area (Å²) < 4.78 is 29.4. The van der Waals surface area contributed by atoms with Crippen molar-refractivity contribution in [1.29, 1.82) is 0 Å². The smallest absolute Gasteiger partial charge is 0.152 e. The molecule has 2 atom stereocenters. The van der Waals surface area contributed by atoms with Gasteiger partial charge in [-0.05, 0) is 38.0 Å². The fourth-order valence-electron chi connectivity index (χ4n) is 3.60. The molecule has 4 nitrogen and oxygen atoms in total. The molecule has 1 aliphatic carbocycles. The highest BCUT2D eigenvalue weighted by Crippen LogP contribution is 2.36. The van der Waals surface area contributed by atoms with Crippen molar-refractivity contribution in [3.05, 3.63) is 0 Å². The summed E-state index contributed by atoms with van der Waals surface area (Å²) in [4.78, 5) is 0. The first-order valence-corrected chi connectivity index (χ1v) is 8.90. The van der Waals surface area contributed by atoms with Crippen molar-refractivity contribution in [3.63, 3.8) is 0 Å². The lowest BCUT2D eigenvalue weighted by molar-refractivity contribution is -0.0743. The van der Waals surface area contributed by atoms with Crippen LogP contribution in [0, 0.1) is 5.92 Å². The Morgan fingerprint density at radius 1 is 1.22 bits per heavy atom. The first kappa shape index (κ1) is 12.9. The van der Waals surface area contributed by atoms with Crippen molar-refractivity contribution in [3.8, 4) is 0 Å². The van der Waals surface area contributed by atoms with Gasteiger partial charge in [-0.15, -0.1) is 0 Å². The molecule has 0 aromatic rings. The van der Waals surface area contributed by atoms with Crippen molar-refractivity contribution < 1.29 is 13.2 Å². The summed E-state index contributed by atoms with van der Waals surface area (Å²) in [6.45, 7) is 3.06. The quantitative estimate of drug-likeness (QED) is 0.718. The van der Waals surface area contributed by atoms with Gasteiger partial charge < -0.3 is 10.1 Å². The first-order chi connectivity index (χ1) is 8.48. The Morgan fingerprint density at radius 3 is 2.67 bits per heavy atom. The molecule has 3 rings (SSSR count). The second-order valence-corrected chi connectivity index (χ2v) is 8.69. The molecule has 2 aliphatic heterocycles. The van der Waals surface area contributed by atoms with E-state index < -0.39 is 9.84 Å². The Hall–Kier alpha value is -0.130. The lowest BCUT2D eigenvalue weighted by Crippen LogP contribution is -2.66. The Morgan fingerprint density at radius 2 is 1.94 bits per heavy atom. The molecule has 18 heavy (non-hydrogen) atoms. The molecule has 104 valence electrons. The van der Waals surface area contributed by atoms with Crippen molar-refractivity contribution >= 4 is 9.84 Å². The number of sulfone groups is 1. The fraction of sp³-hybridized carbons (Fsp3) is 1.00. The van der Waals surface area contributed by atoms with E-state index in [9.17, 15) is 8.42 Å². The average molecular weight is 273 g/mol. The van der Waals surface area contributed by atoms with E-state index in [1.165, 1.54) is 12.8 Å². The number of nitrogens with one attached hydrogen (secondary N) is 1. The lowest BCUT2D eigenvalue weighted by atomic mass is 9.76. The zero-order valence-corrected chi connectivity index (χ0v) is 11.8. The normalized spacial score (nSPS) is 47.7. The predicted octanol–water partition coefficient (Wildman–Crippen LogP) is 1.11. The first-order valence-electron chi connectivity index (χ1n) is 7.08. The maximum Gasteiger partial charge on any atom is 0.152 e. The Labute approximate surface area is 109 Å². The molecule has 1 spiro atoms. The van der Waals surface area contributed by atoms with Crippen LogP contribution in [-0.2, 0) is 14.6 Å². The van der Waals surface area contributed by atoms with Gasteiger partial charge in [0.25, 0.3) is 0 Å². The summed E-state index contributed by atoms with van der Waals surface area (Å²) in [7, 11) is -2.86. The molecule has 2 unspecified atom stereocenters. The SMILES string of the molecule is CC1CCC2(CC1)COC1CCS(=O)(=O)CC1N2. The summed E-state index contributed by atoms with van der Waals surface area (Å²) in [6, 6.07) is 0.0194. The van der Waals surface area contributed by atoms with Crippen LogP contribution in [0.3, 0.4) is 0 Å². The van der Waals surface area contributed by atoms with E-state index in [1.54, 1.807) is 0 Å². The van der Waals surface area contributed by atoms with E-state index in [1.807, 2.05) is 0 Å². The molecule has 2 saturated heterocycles. The fourth-order valence-corrected chi connectivity index (χ4v) is 5.20. The highest BCUT2D eigenvalue weighted by Gasteiger charge is 2.45. The predicted molar refractivity (Wildman–Crippen MR) is 70.3 cm³/mol. The molecule has 0 amide bonds. The van der Waals surface area contributed by atoms with Crippen molar-refractivity contribution in [2.24, 2.45) is 5.92 Å². The summed E-state index contributed by atoms with van der Waals surface area (Å²) in [5, 5.41) is 3.64. The van der Waals surface area contributed by atoms with Crippen LogP contribution in [0.1, 0.15) is 39.0 Å². The molecule has 0 aromatic carbocycles. The number of fused-ring (bicyclic) bond motifs is 1. The highest BCUT2D eigenvalue weighted by atomic mass is 32.2. The summed E-state index contributed by atoms with van der Waals surface area (Å²) in [6.07, 6.45) is 5.46. The third kappa shape index (κ3) is 2.45. The molecule has 1 N–H and O–H groups in total. The molecule has 1 saturated carbocycles. The molecular formula is C13H23NO3S.